The Balaban J connectivity index is 4.16. The van der Waals surface area contributed by atoms with E-state index in [1.807, 2.05) is 21.1 Å². The molecule has 0 saturated carbocycles. The quantitative estimate of drug-likeness (QED) is 0.0259. The fourth-order valence-corrected chi connectivity index (χ4v) is 8.60. The van der Waals surface area contributed by atoms with Gasteiger partial charge in [0, 0.05) is 19.3 Å². The van der Waals surface area contributed by atoms with Gasteiger partial charge in [0.1, 0.15) is 12.6 Å². The Kier molecular flexibility index (Phi) is 46.1. The van der Waals surface area contributed by atoms with Gasteiger partial charge in [0.05, 0.1) is 40.3 Å². The number of quaternary nitrogens is 1. The van der Waals surface area contributed by atoms with Crippen molar-refractivity contribution in [2.24, 2.45) is 0 Å². The summed E-state index contributed by atoms with van der Waals surface area (Å²) in [6.45, 7) is 4.71. The van der Waals surface area contributed by atoms with Crippen LogP contribution in [0.3, 0.4) is 0 Å². The van der Waals surface area contributed by atoms with E-state index >= 15 is 0 Å². The van der Waals surface area contributed by atoms with E-state index in [2.05, 4.69) is 26.0 Å². The Bertz CT molecular complexity index is 1060. The lowest BCUT2D eigenvalue weighted by molar-refractivity contribution is -0.889. The molecule has 0 aliphatic carbocycles. The van der Waals surface area contributed by atoms with Crippen LogP contribution >= 0.6 is 0 Å². The lowest BCUT2D eigenvalue weighted by Gasteiger charge is -2.34. The van der Waals surface area contributed by atoms with Crippen LogP contribution in [0.5, 0.6) is 0 Å². The molecule has 0 radical (unpaired) electrons. The number of carboxylic acid groups (broad SMARTS) is 1. The lowest BCUT2D eigenvalue weighted by atomic mass is 10.0. The first-order valence-electron chi connectivity index (χ1n) is 27.7. The molecule has 0 saturated heterocycles. The largest absolute Gasteiger partial charge is 0.544 e. The molecule has 0 aromatic rings. The molecule has 8 heteroatoms. The van der Waals surface area contributed by atoms with Crippen LogP contribution in [0.2, 0.25) is 0 Å². The first-order chi connectivity index (χ1) is 31.1. The predicted octanol–water partition coefficient (Wildman–Crippen LogP) is 14.9. The van der Waals surface area contributed by atoms with E-state index in [9.17, 15) is 19.5 Å². The number of carboxylic acids is 1. The molecule has 2 atom stereocenters. The van der Waals surface area contributed by atoms with Crippen molar-refractivity contribution in [3.05, 3.63) is 12.2 Å². The average Bonchev–Trinajstić information content (AvgIpc) is 3.26. The Morgan fingerprint density at radius 3 is 1.12 bits per heavy atom. The molecule has 0 N–H and O–H groups in total. The number of ether oxygens (including phenoxy) is 3. The second-order valence-electron chi connectivity index (χ2n) is 20.2. The van der Waals surface area contributed by atoms with Crippen LogP contribution in [-0.4, -0.2) is 75.5 Å². The zero-order valence-electron chi connectivity index (χ0n) is 43.2. The molecule has 0 amide bonds. The summed E-state index contributed by atoms with van der Waals surface area (Å²) in [5, 5.41) is 11.7. The minimum Gasteiger partial charge on any atom is -0.544 e. The van der Waals surface area contributed by atoms with Crippen molar-refractivity contribution in [2.75, 3.05) is 41.0 Å². The van der Waals surface area contributed by atoms with E-state index in [0.29, 0.717) is 12.8 Å². The predicted molar refractivity (Wildman–Crippen MR) is 268 cm³/mol. The highest BCUT2D eigenvalue weighted by Crippen LogP contribution is 2.17. The first-order valence-corrected chi connectivity index (χ1v) is 27.7. The SMILES string of the molecule is CCCCCCCCCCC/C=C/CCCCCCCC(=O)OCC(COCCC(C(=O)[O-])[N+](C)(C)C)OC(=O)CCCCCCCCCCCCCCCCCCCCCCCC. The maximum Gasteiger partial charge on any atom is 0.306 e. The van der Waals surface area contributed by atoms with Crippen LogP contribution in [0.15, 0.2) is 12.2 Å². The molecule has 0 rings (SSSR count). The number of hydrogen-bond donors (Lipinski definition) is 0. The zero-order chi connectivity index (χ0) is 47.0. The van der Waals surface area contributed by atoms with Crippen molar-refractivity contribution in [2.45, 2.75) is 289 Å². The highest BCUT2D eigenvalue weighted by Gasteiger charge is 2.25. The molecule has 0 fully saturated rings. The third-order valence-corrected chi connectivity index (χ3v) is 12.9. The molecular formula is C56H107NO7. The van der Waals surface area contributed by atoms with Crippen molar-refractivity contribution in [1.29, 1.82) is 0 Å². The van der Waals surface area contributed by atoms with E-state index in [4.69, 9.17) is 14.2 Å². The number of nitrogens with zero attached hydrogens (tertiary/aromatic N) is 1. The van der Waals surface area contributed by atoms with Gasteiger partial charge in [-0.05, 0) is 38.5 Å². The van der Waals surface area contributed by atoms with Crippen molar-refractivity contribution in [1.82, 2.24) is 0 Å². The first kappa shape index (κ1) is 62.1. The van der Waals surface area contributed by atoms with Gasteiger partial charge in [0.2, 0.25) is 0 Å². The monoisotopic (exact) mass is 906 g/mol. The van der Waals surface area contributed by atoms with Crippen LogP contribution in [-0.2, 0) is 28.6 Å². The fraction of sp³-hybridized carbons (Fsp3) is 0.911. The molecule has 0 aliphatic rings. The Morgan fingerprint density at radius 1 is 0.453 bits per heavy atom. The van der Waals surface area contributed by atoms with Crippen molar-refractivity contribution in [3.63, 3.8) is 0 Å². The van der Waals surface area contributed by atoms with Gasteiger partial charge >= 0.3 is 11.9 Å². The third kappa shape index (κ3) is 45.2. The molecule has 0 aromatic carbocycles. The van der Waals surface area contributed by atoms with Crippen LogP contribution in [0.4, 0.5) is 0 Å². The van der Waals surface area contributed by atoms with Crippen LogP contribution < -0.4 is 5.11 Å². The number of aliphatic carboxylic acids is 1. The summed E-state index contributed by atoms with van der Waals surface area (Å²) in [7, 11) is 5.43. The molecule has 0 heterocycles. The van der Waals surface area contributed by atoms with Gasteiger partial charge in [-0.25, -0.2) is 0 Å². The minimum absolute atomic E-state index is 0.0446. The van der Waals surface area contributed by atoms with Crippen LogP contribution in [0, 0.1) is 0 Å². The summed E-state index contributed by atoms with van der Waals surface area (Å²) in [5.74, 6) is -1.72. The smallest absolute Gasteiger partial charge is 0.306 e. The highest BCUT2D eigenvalue weighted by molar-refractivity contribution is 5.70. The van der Waals surface area contributed by atoms with Crippen molar-refractivity contribution < 1.29 is 38.2 Å². The summed E-state index contributed by atoms with van der Waals surface area (Å²) in [6.07, 6.45) is 53.9. The van der Waals surface area contributed by atoms with Gasteiger partial charge in [-0.3, -0.25) is 9.59 Å². The molecule has 2 unspecified atom stereocenters. The fourth-order valence-electron chi connectivity index (χ4n) is 8.60. The molecule has 378 valence electrons. The summed E-state index contributed by atoms with van der Waals surface area (Å²) in [4.78, 5) is 37.1. The van der Waals surface area contributed by atoms with Gasteiger partial charge in [0.25, 0.3) is 0 Å². The lowest BCUT2D eigenvalue weighted by Crippen LogP contribution is -2.55. The molecule has 64 heavy (non-hydrogen) atoms. The maximum absolute atomic E-state index is 12.8. The van der Waals surface area contributed by atoms with Crippen molar-refractivity contribution in [3.8, 4) is 0 Å². The van der Waals surface area contributed by atoms with Gasteiger partial charge in [-0.1, -0.05) is 231 Å². The van der Waals surface area contributed by atoms with E-state index < -0.39 is 18.1 Å². The Morgan fingerprint density at radius 2 is 0.781 bits per heavy atom. The number of likely N-dealkylation sites (N-methyl/N-ethyl adjacent to an activating group) is 1. The number of carbonyl (C=O) groups is 3. The second-order valence-corrected chi connectivity index (χ2v) is 20.2. The topological polar surface area (TPSA) is 102 Å². The molecule has 0 spiro atoms. The van der Waals surface area contributed by atoms with Crippen molar-refractivity contribution >= 4 is 17.9 Å². The average molecular weight is 906 g/mol. The summed E-state index contributed by atoms with van der Waals surface area (Å²) >= 11 is 0. The van der Waals surface area contributed by atoms with E-state index in [1.165, 1.54) is 199 Å². The second kappa shape index (κ2) is 47.6. The zero-order valence-corrected chi connectivity index (χ0v) is 43.2. The number of unbranched alkanes of at least 4 members (excludes halogenated alkanes) is 35. The molecule has 0 aromatic heterocycles. The number of esters is 2. The molecule has 0 aliphatic heterocycles. The molecule has 8 nitrogen and oxygen atoms in total. The number of hydrogen-bond acceptors (Lipinski definition) is 7. The Labute approximate surface area is 397 Å². The van der Waals surface area contributed by atoms with Crippen LogP contribution in [0.1, 0.15) is 277 Å². The summed E-state index contributed by atoms with van der Waals surface area (Å²) in [5.41, 5.74) is 0. The van der Waals surface area contributed by atoms with E-state index in [1.54, 1.807) is 0 Å². The van der Waals surface area contributed by atoms with Crippen LogP contribution in [0.25, 0.3) is 0 Å². The molecular weight excluding hydrogens is 799 g/mol. The third-order valence-electron chi connectivity index (χ3n) is 12.9. The molecule has 0 bridgehead atoms. The minimum atomic E-state index is -1.12. The van der Waals surface area contributed by atoms with E-state index in [0.717, 1.165) is 44.9 Å². The Hall–Kier alpha value is -1.93. The van der Waals surface area contributed by atoms with Gasteiger partial charge in [0.15, 0.2) is 6.10 Å². The highest BCUT2D eigenvalue weighted by atomic mass is 16.6. The number of carbonyl (C=O) groups excluding carboxylic acids is 3. The maximum atomic E-state index is 12.8. The normalized spacial score (nSPS) is 12.8. The number of allylic oxidation sites excluding steroid dienone is 2. The van der Waals surface area contributed by atoms with Gasteiger partial charge in [-0.15, -0.1) is 0 Å². The standard InChI is InChI=1S/C56H107NO7/c1-6-8-10-12-14-16-18-20-22-24-26-27-28-29-31-33-35-37-39-41-43-45-47-55(59)64-52(50-62-49-48-53(56(60)61)57(3,4)5)51-63-54(58)46-44-42-40-38-36-34-32-30-25-23-21-19-17-15-13-11-9-7-2/h30,32,52-53H,6-29,31,33-51H2,1-5H3/b32-30+. The summed E-state index contributed by atoms with van der Waals surface area (Å²) < 4.78 is 17.3. The van der Waals surface area contributed by atoms with Gasteiger partial charge < -0.3 is 28.6 Å². The number of rotatable bonds is 51. The van der Waals surface area contributed by atoms with E-state index in [-0.39, 0.29) is 42.7 Å². The van der Waals surface area contributed by atoms with Gasteiger partial charge in [-0.2, -0.15) is 0 Å². The summed E-state index contributed by atoms with van der Waals surface area (Å²) in [6, 6.07) is -0.724.